The fourth-order valence-electron chi connectivity index (χ4n) is 2.75. The third kappa shape index (κ3) is 2.97. The van der Waals surface area contributed by atoms with Crippen LogP contribution in [0.1, 0.15) is 5.69 Å². The van der Waals surface area contributed by atoms with Crippen molar-refractivity contribution < 1.29 is 4.79 Å². The molecular formula is C16H20N4O. The smallest absolute Gasteiger partial charge is 0.223 e. The van der Waals surface area contributed by atoms with E-state index < -0.39 is 0 Å². The van der Waals surface area contributed by atoms with Gasteiger partial charge < -0.3 is 15.5 Å². The van der Waals surface area contributed by atoms with E-state index in [0.29, 0.717) is 0 Å². The fraction of sp³-hybridized carbons (Fsp3) is 0.375. The van der Waals surface area contributed by atoms with Crippen molar-refractivity contribution in [3.05, 3.63) is 36.0 Å². The second kappa shape index (κ2) is 5.69. The predicted molar refractivity (Wildman–Crippen MR) is 84.4 cm³/mol. The Morgan fingerprint density at radius 2 is 1.95 bits per heavy atom. The minimum Gasteiger partial charge on any atom is -0.369 e. The quantitative estimate of drug-likeness (QED) is 0.914. The van der Waals surface area contributed by atoms with Gasteiger partial charge in [0.05, 0.1) is 12.1 Å². The summed E-state index contributed by atoms with van der Waals surface area (Å²) < 4.78 is 0. The first-order valence-corrected chi connectivity index (χ1v) is 7.24. The molecule has 1 aliphatic heterocycles. The minimum atomic E-state index is -0.344. The lowest BCUT2D eigenvalue weighted by atomic mass is 10.1. The molecule has 21 heavy (non-hydrogen) atoms. The molecule has 5 nitrogen and oxygen atoms in total. The normalized spacial score (nSPS) is 16.3. The maximum Gasteiger partial charge on any atom is 0.223 e. The summed E-state index contributed by atoms with van der Waals surface area (Å²) in [5.41, 5.74) is 6.14. The number of piperazine rings is 1. The van der Waals surface area contributed by atoms with Gasteiger partial charge >= 0.3 is 0 Å². The molecule has 110 valence electrons. The van der Waals surface area contributed by atoms with Crippen molar-refractivity contribution in [2.45, 2.75) is 6.42 Å². The van der Waals surface area contributed by atoms with Crippen LogP contribution in [0.2, 0.25) is 0 Å². The molecule has 0 unspecified atom stereocenters. The van der Waals surface area contributed by atoms with Gasteiger partial charge in [-0.1, -0.05) is 24.3 Å². The zero-order valence-corrected chi connectivity index (χ0v) is 12.2. The summed E-state index contributed by atoms with van der Waals surface area (Å²) in [7, 11) is 2.13. The highest BCUT2D eigenvalue weighted by atomic mass is 16.1. The largest absolute Gasteiger partial charge is 0.369 e. The second-order valence-corrected chi connectivity index (χ2v) is 5.58. The number of nitrogens with zero attached hydrogens (tertiary/aromatic N) is 3. The van der Waals surface area contributed by atoms with Crippen molar-refractivity contribution in [2.24, 2.45) is 5.73 Å². The average molecular weight is 284 g/mol. The van der Waals surface area contributed by atoms with E-state index in [2.05, 4.69) is 29.0 Å². The maximum absolute atomic E-state index is 11.3. The predicted octanol–water partition coefficient (Wildman–Crippen LogP) is 1.01. The molecule has 2 N–H and O–H groups in total. The molecule has 0 bridgehead atoms. The van der Waals surface area contributed by atoms with Crippen molar-refractivity contribution in [1.82, 2.24) is 9.88 Å². The number of rotatable bonds is 3. The Hall–Kier alpha value is -2.14. The summed E-state index contributed by atoms with van der Waals surface area (Å²) in [5.74, 6) is 0.598. The van der Waals surface area contributed by atoms with E-state index in [1.54, 1.807) is 0 Å². The maximum atomic E-state index is 11.3. The lowest BCUT2D eigenvalue weighted by molar-refractivity contribution is -0.117. The van der Waals surface area contributed by atoms with Crippen LogP contribution in [-0.4, -0.2) is 49.0 Å². The summed E-state index contributed by atoms with van der Waals surface area (Å²) in [4.78, 5) is 20.6. The van der Waals surface area contributed by atoms with Crippen LogP contribution in [0.5, 0.6) is 0 Å². The lowest BCUT2D eigenvalue weighted by Crippen LogP contribution is -2.44. The standard InChI is InChI=1S/C16H20N4O/c1-19-6-8-20(9-7-19)16-10-12-4-2-3-5-13(12)14(18-16)11-15(17)21/h2-5,10H,6-9,11H2,1H3,(H2,17,21). The number of fused-ring (bicyclic) bond motifs is 1. The molecule has 0 saturated carbocycles. The molecule has 3 rings (SSSR count). The highest BCUT2D eigenvalue weighted by Gasteiger charge is 2.17. The number of pyridine rings is 1. The monoisotopic (exact) mass is 284 g/mol. The zero-order valence-electron chi connectivity index (χ0n) is 12.2. The van der Waals surface area contributed by atoms with Gasteiger partial charge in [0.2, 0.25) is 5.91 Å². The van der Waals surface area contributed by atoms with Crippen LogP contribution in [0.25, 0.3) is 10.8 Å². The summed E-state index contributed by atoms with van der Waals surface area (Å²) in [6, 6.07) is 10.1. The number of nitrogens with two attached hydrogens (primary N) is 1. The second-order valence-electron chi connectivity index (χ2n) is 5.58. The molecule has 0 atom stereocenters. The number of carbonyl (C=O) groups is 1. The first-order chi connectivity index (χ1) is 10.1. The number of hydrogen-bond donors (Lipinski definition) is 1. The van der Waals surface area contributed by atoms with Crippen LogP contribution in [0.4, 0.5) is 5.82 Å². The van der Waals surface area contributed by atoms with Gasteiger partial charge in [0.1, 0.15) is 5.82 Å². The minimum absolute atomic E-state index is 0.183. The molecule has 1 fully saturated rings. The third-order valence-corrected chi connectivity index (χ3v) is 3.97. The van der Waals surface area contributed by atoms with Crippen LogP contribution < -0.4 is 10.6 Å². The van der Waals surface area contributed by atoms with Gasteiger partial charge in [0.25, 0.3) is 0 Å². The third-order valence-electron chi connectivity index (χ3n) is 3.97. The van der Waals surface area contributed by atoms with Crippen molar-refractivity contribution in [1.29, 1.82) is 0 Å². The van der Waals surface area contributed by atoms with Crippen LogP contribution in [0.15, 0.2) is 30.3 Å². The van der Waals surface area contributed by atoms with E-state index in [9.17, 15) is 4.79 Å². The van der Waals surface area contributed by atoms with E-state index in [0.717, 1.165) is 48.5 Å². The molecule has 1 aromatic heterocycles. The van der Waals surface area contributed by atoms with Crippen LogP contribution in [-0.2, 0) is 11.2 Å². The molecule has 1 aliphatic rings. The van der Waals surface area contributed by atoms with Gasteiger partial charge in [-0.3, -0.25) is 4.79 Å². The Morgan fingerprint density at radius 3 is 2.67 bits per heavy atom. The van der Waals surface area contributed by atoms with Crippen LogP contribution >= 0.6 is 0 Å². The first kappa shape index (κ1) is 13.8. The Morgan fingerprint density at radius 1 is 1.24 bits per heavy atom. The average Bonchev–Trinajstić information content (AvgIpc) is 2.47. The number of anilines is 1. The Labute approximate surface area is 124 Å². The van der Waals surface area contributed by atoms with Gasteiger partial charge in [-0.15, -0.1) is 0 Å². The fourth-order valence-corrected chi connectivity index (χ4v) is 2.75. The van der Waals surface area contributed by atoms with E-state index in [-0.39, 0.29) is 12.3 Å². The van der Waals surface area contributed by atoms with Gasteiger partial charge in [-0.05, 0) is 18.5 Å². The summed E-state index contributed by atoms with van der Waals surface area (Å²) >= 11 is 0. The summed E-state index contributed by atoms with van der Waals surface area (Å²) in [6.07, 6.45) is 0.183. The number of amides is 1. The van der Waals surface area contributed by atoms with E-state index in [1.165, 1.54) is 0 Å². The number of carbonyl (C=O) groups excluding carboxylic acids is 1. The number of hydrogen-bond acceptors (Lipinski definition) is 4. The van der Waals surface area contributed by atoms with Gasteiger partial charge in [0.15, 0.2) is 0 Å². The van der Waals surface area contributed by atoms with E-state index in [1.807, 2.05) is 18.2 Å². The lowest BCUT2D eigenvalue weighted by Gasteiger charge is -2.33. The van der Waals surface area contributed by atoms with Gasteiger partial charge in [0, 0.05) is 31.6 Å². The number of likely N-dealkylation sites (N-methyl/N-ethyl adjacent to an activating group) is 1. The Kier molecular flexibility index (Phi) is 3.75. The summed E-state index contributed by atoms with van der Waals surface area (Å²) in [6.45, 7) is 3.97. The van der Waals surface area contributed by atoms with Crippen LogP contribution in [0, 0.1) is 0 Å². The topological polar surface area (TPSA) is 62.5 Å². The Bertz CT molecular complexity index is 662. The number of primary amides is 1. The zero-order chi connectivity index (χ0) is 14.8. The Balaban J connectivity index is 2.01. The number of benzene rings is 1. The molecule has 1 amide bonds. The highest BCUT2D eigenvalue weighted by molar-refractivity contribution is 5.90. The van der Waals surface area contributed by atoms with E-state index in [4.69, 9.17) is 10.7 Å². The van der Waals surface area contributed by atoms with Gasteiger partial charge in [-0.2, -0.15) is 0 Å². The first-order valence-electron chi connectivity index (χ1n) is 7.24. The molecule has 1 aromatic carbocycles. The van der Waals surface area contributed by atoms with Crippen molar-refractivity contribution in [3.8, 4) is 0 Å². The van der Waals surface area contributed by atoms with E-state index >= 15 is 0 Å². The summed E-state index contributed by atoms with van der Waals surface area (Å²) in [5, 5.41) is 2.12. The van der Waals surface area contributed by atoms with Crippen LogP contribution in [0.3, 0.4) is 0 Å². The van der Waals surface area contributed by atoms with Crippen molar-refractivity contribution in [2.75, 3.05) is 38.1 Å². The molecule has 2 aromatic rings. The molecule has 0 radical (unpaired) electrons. The molecule has 5 heteroatoms. The SMILES string of the molecule is CN1CCN(c2cc3ccccc3c(CC(N)=O)n2)CC1. The molecule has 0 spiro atoms. The van der Waals surface area contributed by atoms with Crippen molar-refractivity contribution in [3.63, 3.8) is 0 Å². The van der Waals surface area contributed by atoms with Crippen molar-refractivity contribution >= 4 is 22.5 Å². The molecular weight excluding hydrogens is 264 g/mol. The van der Waals surface area contributed by atoms with Gasteiger partial charge in [-0.25, -0.2) is 4.98 Å². The highest BCUT2D eigenvalue weighted by Crippen LogP contribution is 2.24. The number of aromatic nitrogens is 1. The molecule has 1 saturated heterocycles. The molecule has 0 aliphatic carbocycles. The molecule has 2 heterocycles.